The molecule has 4 aliphatic rings. The summed E-state index contributed by atoms with van der Waals surface area (Å²) < 4.78 is 5.64. The minimum Gasteiger partial charge on any atom is -0.381 e. The first kappa shape index (κ1) is 26.0. The molecular formula is C30H45N7O. The van der Waals surface area contributed by atoms with Crippen LogP contribution in [0, 0.1) is 0 Å². The van der Waals surface area contributed by atoms with Gasteiger partial charge in [0.1, 0.15) is 5.82 Å². The molecule has 206 valence electrons. The molecule has 1 aromatic heterocycles. The number of ether oxygens (including phenoxy) is 1. The summed E-state index contributed by atoms with van der Waals surface area (Å²) in [5.74, 6) is 1.90. The largest absolute Gasteiger partial charge is 0.381 e. The van der Waals surface area contributed by atoms with Gasteiger partial charge < -0.3 is 24.8 Å². The molecule has 0 saturated carbocycles. The highest BCUT2D eigenvalue weighted by molar-refractivity contribution is 5.63. The summed E-state index contributed by atoms with van der Waals surface area (Å²) in [5, 5.41) is 3.76. The Kier molecular flexibility index (Phi) is 8.40. The molecule has 0 unspecified atom stereocenters. The summed E-state index contributed by atoms with van der Waals surface area (Å²) in [4.78, 5) is 20.4. The molecule has 0 spiro atoms. The number of likely N-dealkylation sites (N-methyl/N-ethyl adjacent to an activating group) is 1. The van der Waals surface area contributed by atoms with E-state index in [1.54, 1.807) is 0 Å². The molecule has 2 aromatic rings. The molecule has 4 aliphatic heterocycles. The monoisotopic (exact) mass is 519 g/mol. The summed E-state index contributed by atoms with van der Waals surface area (Å²) in [6, 6.07) is 9.54. The van der Waals surface area contributed by atoms with Gasteiger partial charge in [0.2, 0.25) is 0 Å². The van der Waals surface area contributed by atoms with Crippen LogP contribution in [0.4, 0.5) is 11.5 Å². The number of benzene rings is 1. The van der Waals surface area contributed by atoms with Crippen LogP contribution in [0.25, 0.3) is 11.4 Å². The first-order chi connectivity index (χ1) is 18.7. The zero-order valence-electron chi connectivity index (χ0n) is 23.2. The van der Waals surface area contributed by atoms with Gasteiger partial charge >= 0.3 is 0 Å². The van der Waals surface area contributed by atoms with Crippen molar-refractivity contribution in [1.82, 2.24) is 24.7 Å². The van der Waals surface area contributed by atoms with E-state index in [2.05, 4.69) is 56.2 Å². The lowest BCUT2D eigenvalue weighted by Gasteiger charge is -2.37. The van der Waals surface area contributed by atoms with Crippen molar-refractivity contribution in [3.8, 4) is 11.4 Å². The minimum absolute atomic E-state index is 0.613. The lowest BCUT2D eigenvalue weighted by atomic mass is 10.00. The number of fused-ring (bicyclic) bond motifs is 1. The third-order valence-electron chi connectivity index (χ3n) is 8.93. The van der Waals surface area contributed by atoms with E-state index >= 15 is 0 Å². The van der Waals surface area contributed by atoms with E-state index in [4.69, 9.17) is 14.7 Å². The lowest BCUT2D eigenvalue weighted by molar-refractivity contribution is 0.0288. The standard InChI is InChI=1S/C30H45N7O/c1-34-17-19-36(20-18-34)25-7-5-24(6-8-25)29-32-28-9-16-37(26-10-21-38-22-11-26)23-27(28)30(33-29)31-12-4-15-35-13-2-3-14-35/h5-8,26H,2-4,9-23H2,1H3,(H,31,32,33). The average molecular weight is 520 g/mol. The van der Waals surface area contributed by atoms with Crippen LogP contribution < -0.4 is 10.2 Å². The smallest absolute Gasteiger partial charge is 0.161 e. The number of nitrogens with one attached hydrogen (secondary N) is 1. The van der Waals surface area contributed by atoms with Crippen molar-refractivity contribution in [1.29, 1.82) is 0 Å². The van der Waals surface area contributed by atoms with E-state index in [0.717, 1.165) is 102 Å². The number of nitrogens with zero attached hydrogens (tertiary/aromatic N) is 6. The number of rotatable bonds is 8. The van der Waals surface area contributed by atoms with Crippen LogP contribution in [0.1, 0.15) is 43.4 Å². The number of piperazine rings is 1. The number of hydrogen-bond donors (Lipinski definition) is 1. The molecule has 0 bridgehead atoms. The Labute approximate surface area is 228 Å². The molecule has 8 heteroatoms. The highest BCUT2D eigenvalue weighted by atomic mass is 16.5. The highest BCUT2D eigenvalue weighted by Crippen LogP contribution is 2.31. The van der Waals surface area contributed by atoms with Crippen molar-refractivity contribution in [3.63, 3.8) is 0 Å². The van der Waals surface area contributed by atoms with Crippen molar-refractivity contribution >= 4 is 11.5 Å². The maximum absolute atomic E-state index is 5.64. The van der Waals surface area contributed by atoms with E-state index in [9.17, 15) is 0 Å². The van der Waals surface area contributed by atoms with Crippen LogP contribution in [0.2, 0.25) is 0 Å². The predicted molar refractivity (Wildman–Crippen MR) is 154 cm³/mol. The molecule has 5 heterocycles. The summed E-state index contributed by atoms with van der Waals surface area (Å²) in [6.07, 6.45) is 7.11. The Morgan fingerprint density at radius 1 is 0.921 bits per heavy atom. The molecule has 0 radical (unpaired) electrons. The van der Waals surface area contributed by atoms with Crippen LogP contribution >= 0.6 is 0 Å². The van der Waals surface area contributed by atoms with Gasteiger partial charge in [0, 0.05) is 88.3 Å². The van der Waals surface area contributed by atoms with Gasteiger partial charge in [0.25, 0.3) is 0 Å². The van der Waals surface area contributed by atoms with Crippen molar-refractivity contribution in [2.45, 2.75) is 51.1 Å². The van der Waals surface area contributed by atoms with Crippen molar-refractivity contribution in [3.05, 3.63) is 35.5 Å². The third-order valence-corrected chi connectivity index (χ3v) is 8.93. The molecule has 0 aliphatic carbocycles. The topological polar surface area (TPSA) is 60.0 Å². The van der Waals surface area contributed by atoms with Crippen LogP contribution in [-0.4, -0.2) is 110 Å². The first-order valence-corrected chi connectivity index (χ1v) is 14.9. The van der Waals surface area contributed by atoms with Crippen molar-refractivity contribution in [2.75, 3.05) is 89.4 Å². The number of anilines is 2. The Morgan fingerprint density at radius 2 is 1.68 bits per heavy atom. The van der Waals surface area contributed by atoms with Crippen LogP contribution in [0.5, 0.6) is 0 Å². The van der Waals surface area contributed by atoms with E-state index in [1.807, 2.05) is 0 Å². The first-order valence-electron chi connectivity index (χ1n) is 14.9. The van der Waals surface area contributed by atoms with Gasteiger partial charge in [0.15, 0.2) is 5.82 Å². The SMILES string of the molecule is CN1CCN(c2ccc(-c3nc4c(c(NCCCN5CCCC5)n3)CN(C3CCOCC3)CC4)cc2)CC1. The second kappa shape index (κ2) is 12.3. The maximum Gasteiger partial charge on any atom is 0.161 e. The quantitative estimate of drug-likeness (QED) is 0.533. The van der Waals surface area contributed by atoms with Gasteiger partial charge in [-0.25, -0.2) is 9.97 Å². The second-order valence-corrected chi connectivity index (χ2v) is 11.6. The Morgan fingerprint density at radius 3 is 2.45 bits per heavy atom. The highest BCUT2D eigenvalue weighted by Gasteiger charge is 2.28. The van der Waals surface area contributed by atoms with E-state index in [-0.39, 0.29) is 0 Å². The zero-order chi connectivity index (χ0) is 25.7. The van der Waals surface area contributed by atoms with Gasteiger partial charge in [-0.05, 0) is 83.1 Å². The summed E-state index contributed by atoms with van der Waals surface area (Å²) in [7, 11) is 2.20. The van der Waals surface area contributed by atoms with Crippen LogP contribution in [-0.2, 0) is 17.7 Å². The fourth-order valence-corrected chi connectivity index (χ4v) is 6.47. The van der Waals surface area contributed by atoms with E-state index in [0.29, 0.717) is 6.04 Å². The molecule has 6 rings (SSSR count). The fourth-order valence-electron chi connectivity index (χ4n) is 6.47. The molecule has 0 atom stereocenters. The molecule has 3 fully saturated rings. The van der Waals surface area contributed by atoms with Gasteiger partial charge in [-0.3, -0.25) is 4.90 Å². The fraction of sp³-hybridized carbons (Fsp3) is 0.667. The molecule has 8 nitrogen and oxygen atoms in total. The number of hydrogen-bond acceptors (Lipinski definition) is 8. The summed E-state index contributed by atoms with van der Waals surface area (Å²) in [5.41, 5.74) is 4.94. The third kappa shape index (κ3) is 6.14. The average Bonchev–Trinajstić information content (AvgIpc) is 3.50. The summed E-state index contributed by atoms with van der Waals surface area (Å²) in [6.45, 7) is 12.8. The normalized spacial score (nSPS) is 22.1. The van der Waals surface area contributed by atoms with E-state index in [1.165, 1.54) is 49.4 Å². The zero-order valence-corrected chi connectivity index (χ0v) is 23.2. The molecule has 3 saturated heterocycles. The second-order valence-electron chi connectivity index (χ2n) is 11.6. The minimum atomic E-state index is 0.613. The van der Waals surface area contributed by atoms with Crippen molar-refractivity contribution < 1.29 is 4.74 Å². The molecule has 1 N–H and O–H groups in total. The lowest BCUT2D eigenvalue weighted by Crippen LogP contribution is -2.44. The molecule has 0 amide bonds. The Balaban J connectivity index is 1.19. The summed E-state index contributed by atoms with van der Waals surface area (Å²) >= 11 is 0. The molecular weight excluding hydrogens is 474 g/mol. The number of likely N-dealkylation sites (tertiary alicyclic amines) is 1. The van der Waals surface area contributed by atoms with Crippen LogP contribution in [0.3, 0.4) is 0 Å². The molecule has 1 aromatic carbocycles. The van der Waals surface area contributed by atoms with E-state index < -0.39 is 0 Å². The number of aromatic nitrogens is 2. The molecule has 38 heavy (non-hydrogen) atoms. The van der Waals surface area contributed by atoms with Gasteiger partial charge in [-0.1, -0.05) is 0 Å². The Bertz CT molecular complexity index is 1040. The Hall–Kier alpha value is -2.26. The van der Waals surface area contributed by atoms with Gasteiger partial charge in [0.05, 0.1) is 5.69 Å². The van der Waals surface area contributed by atoms with Crippen molar-refractivity contribution in [2.24, 2.45) is 0 Å². The maximum atomic E-state index is 5.64. The van der Waals surface area contributed by atoms with Gasteiger partial charge in [-0.2, -0.15) is 0 Å². The predicted octanol–water partition coefficient (Wildman–Crippen LogP) is 3.33. The van der Waals surface area contributed by atoms with Crippen LogP contribution in [0.15, 0.2) is 24.3 Å². The van der Waals surface area contributed by atoms with Gasteiger partial charge in [-0.15, -0.1) is 0 Å².